The lowest BCUT2D eigenvalue weighted by Gasteiger charge is -2.12. The van der Waals surface area contributed by atoms with Crippen LogP contribution in [0.15, 0.2) is 99.6 Å². The maximum atomic E-state index is 13.2. The first-order valence-electron chi connectivity index (χ1n) is 11.4. The van der Waals surface area contributed by atoms with E-state index in [0.717, 1.165) is 22.9 Å². The molecule has 1 aliphatic rings. The zero-order valence-electron chi connectivity index (χ0n) is 20.5. The van der Waals surface area contributed by atoms with Gasteiger partial charge in [0.15, 0.2) is 16.7 Å². The van der Waals surface area contributed by atoms with Crippen LogP contribution in [0.3, 0.4) is 0 Å². The van der Waals surface area contributed by atoms with Crippen LogP contribution in [0.25, 0.3) is 6.08 Å². The van der Waals surface area contributed by atoms with E-state index >= 15 is 0 Å². The molecule has 4 rings (SSSR count). The second kappa shape index (κ2) is 11.5. The van der Waals surface area contributed by atoms with Crippen LogP contribution in [-0.4, -0.2) is 38.0 Å². The summed E-state index contributed by atoms with van der Waals surface area (Å²) in [5, 5.41) is 0.0748. The Bertz CT molecular complexity index is 1460. The zero-order chi connectivity index (χ0) is 26.4. The summed E-state index contributed by atoms with van der Waals surface area (Å²) >= 11 is 1.00. The SMILES string of the molecule is C=CCN1C(=O)/C(=C/c2ccc(OC)c(OCc3ccccc3)c2)S/C1=N/S(=O)(=O)c1ccc(C)cc1. The summed E-state index contributed by atoms with van der Waals surface area (Å²) < 4.78 is 41.2. The van der Waals surface area contributed by atoms with Crippen LogP contribution < -0.4 is 9.47 Å². The Hall–Kier alpha value is -3.82. The first-order valence-corrected chi connectivity index (χ1v) is 13.6. The molecular formula is C28H26N2O5S2. The second-order valence-electron chi connectivity index (χ2n) is 8.16. The molecule has 1 saturated heterocycles. The van der Waals surface area contributed by atoms with Crippen LogP contribution in [0, 0.1) is 6.92 Å². The molecule has 1 fully saturated rings. The fourth-order valence-corrected chi connectivity index (χ4v) is 5.70. The number of hydrogen-bond acceptors (Lipinski definition) is 6. The molecule has 9 heteroatoms. The third kappa shape index (κ3) is 6.31. The van der Waals surface area contributed by atoms with Crippen LogP contribution in [0.4, 0.5) is 0 Å². The van der Waals surface area contributed by atoms with Gasteiger partial charge >= 0.3 is 0 Å². The van der Waals surface area contributed by atoms with Crippen molar-refractivity contribution in [1.29, 1.82) is 0 Å². The smallest absolute Gasteiger partial charge is 0.284 e. The summed E-state index contributed by atoms with van der Waals surface area (Å²) in [7, 11) is -2.45. The van der Waals surface area contributed by atoms with Gasteiger partial charge in [-0.1, -0.05) is 60.2 Å². The minimum atomic E-state index is -4.01. The molecule has 0 saturated carbocycles. The standard InChI is InChI=1S/C28H26N2O5S2/c1-4-16-30-27(31)26(36-28(30)29-37(32,33)23-13-10-20(2)11-14-23)18-22-12-15-24(34-3)25(17-22)35-19-21-8-6-5-7-9-21/h4-15,17-18H,1,16,19H2,2-3H3/b26-18-,29-28+. The van der Waals surface area contributed by atoms with Crippen molar-refractivity contribution in [3.63, 3.8) is 0 Å². The molecule has 37 heavy (non-hydrogen) atoms. The number of carbonyl (C=O) groups is 1. The molecule has 1 heterocycles. The molecule has 1 aliphatic heterocycles. The summed E-state index contributed by atoms with van der Waals surface area (Å²) in [5.74, 6) is 0.725. The van der Waals surface area contributed by atoms with E-state index in [-0.39, 0.29) is 22.5 Å². The largest absolute Gasteiger partial charge is 0.493 e. The van der Waals surface area contributed by atoms with Gasteiger partial charge < -0.3 is 9.47 Å². The molecule has 0 unspecified atom stereocenters. The fraction of sp³-hybridized carbons (Fsp3) is 0.143. The number of methoxy groups -OCH3 is 1. The molecule has 0 radical (unpaired) electrons. The van der Waals surface area contributed by atoms with Crippen molar-refractivity contribution in [2.75, 3.05) is 13.7 Å². The van der Waals surface area contributed by atoms with Gasteiger partial charge in [-0.15, -0.1) is 11.0 Å². The quantitative estimate of drug-likeness (QED) is 0.269. The Morgan fingerprint density at radius 3 is 2.43 bits per heavy atom. The van der Waals surface area contributed by atoms with E-state index in [0.29, 0.717) is 28.6 Å². The molecule has 0 N–H and O–H groups in total. The summed E-state index contributed by atoms with van der Waals surface area (Å²) in [5.41, 5.74) is 2.63. The van der Waals surface area contributed by atoms with Crippen molar-refractivity contribution < 1.29 is 22.7 Å². The fourth-order valence-electron chi connectivity index (χ4n) is 3.51. The van der Waals surface area contributed by atoms with Gasteiger partial charge in [0.05, 0.1) is 16.9 Å². The van der Waals surface area contributed by atoms with Crippen LogP contribution in [0.5, 0.6) is 11.5 Å². The number of nitrogens with zero attached hydrogens (tertiary/aromatic N) is 2. The van der Waals surface area contributed by atoms with Gasteiger partial charge in [0, 0.05) is 6.54 Å². The number of sulfonamides is 1. The third-order valence-electron chi connectivity index (χ3n) is 5.44. The highest BCUT2D eigenvalue weighted by atomic mass is 32.2. The van der Waals surface area contributed by atoms with Crippen molar-refractivity contribution >= 4 is 38.9 Å². The van der Waals surface area contributed by atoms with Crippen molar-refractivity contribution in [3.05, 3.63) is 107 Å². The number of amides is 1. The van der Waals surface area contributed by atoms with E-state index in [1.165, 1.54) is 23.1 Å². The zero-order valence-corrected chi connectivity index (χ0v) is 22.1. The molecule has 0 bridgehead atoms. The van der Waals surface area contributed by atoms with Crippen LogP contribution in [-0.2, 0) is 21.4 Å². The van der Waals surface area contributed by atoms with Crippen molar-refractivity contribution in [2.45, 2.75) is 18.4 Å². The molecule has 190 valence electrons. The van der Waals surface area contributed by atoms with Crippen LogP contribution in [0.1, 0.15) is 16.7 Å². The molecule has 3 aromatic carbocycles. The number of aryl methyl sites for hydroxylation is 1. The Morgan fingerprint density at radius 2 is 1.76 bits per heavy atom. The van der Waals surface area contributed by atoms with E-state index in [4.69, 9.17) is 9.47 Å². The van der Waals surface area contributed by atoms with Gasteiger partial charge in [0.25, 0.3) is 15.9 Å². The normalized spacial score (nSPS) is 15.8. The molecule has 0 atom stereocenters. The van der Waals surface area contributed by atoms with Gasteiger partial charge in [-0.25, -0.2) is 0 Å². The highest BCUT2D eigenvalue weighted by molar-refractivity contribution is 8.19. The van der Waals surface area contributed by atoms with Gasteiger partial charge in [0.1, 0.15) is 6.61 Å². The van der Waals surface area contributed by atoms with Crippen LogP contribution in [0.2, 0.25) is 0 Å². The van der Waals surface area contributed by atoms with Gasteiger partial charge in [-0.3, -0.25) is 9.69 Å². The number of thioether (sulfide) groups is 1. The maximum absolute atomic E-state index is 13.2. The molecule has 0 spiro atoms. The first kappa shape index (κ1) is 26.2. The predicted octanol–water partition coefficient (Wildman–Crippen LogP) is 5.43. The number of rotatable bonds is 9. The minimum absolute atomic E-state index is 0.0602. The third-order valence-corrected chi connectivity index (χ3v) is 7.84. The molecule has 7 nitrogen and oxygen atoms in total. The first-order chi connectivity index (χ1) is 17.8. The topological polar surface area (TPSA) is 85.3 Å². The Balaban J connectivity index is 1.63. The summed E-state index contributed by atoms with van der Waals surface area (Å²) in [6.45, 7) is 6.03. The summed E-state index contributed by atoms with van der Waals surface area (Å²) in [4.78, 5) is 14.8. The lowest BCUT2D eigenvalue weighted by molar-refractivity contribution is -0.121. The summed E-state index contributed by atoms with van der Waals surface area (Å²) in [6.07, 6.45) is 3.21. The monoisotopic (exact) mass is 534 g/mol. The molecular weight excluding hydrogens is 508 g/mol. The van der Waals surface area contributed by atoms with E-state index in [1.807, 2.05) is 37.3 Å². The molecule has 1 amide bonds. The Labute approximate surface area is 221 Å². The van der Waals surface area contributed by atoms with Crippen molar-refractivity contribution in [2.24, 2.45) is 4.40 Å². The Morgan fingerprint density at radius 1 is 1.03 bits per heavy atom. The van der Waals surface area contributed by atoms with E-state index in [9.17, 15) is 13.2 Å². The van der Waals surface area contributed by atoms with Gasteiger partial charge in [0.2, 0.25) is 0 Å². The van der Waals surface area contributed by atoms with Crippen molar-refractivity contribution in [3.8, 4) is 11.5 Å². The highest BCUT2D eigenvalue weighted by Crippen LogP contribution is 2.36. The van der Waals surface area contributed by atoms with Gasteiger partial charge in [-0.2, -0.15) is 8.42 Å². The number of hydrogen-bond donors (Lipinski definition) is 0. The van der Waals surface area contributed by atoms with E-state index in [1.54, 1.807) is 43.5 Å². The number of ether oxygens (including phenoxy) is 2. The minimum Gasteiger partial charge on any atom is -0.493 e. The molecule has 0 aromatic heterocycles. The predicted molar refractivity (Wildman–Crippen MR) is 147 cm³/mol. The lowest BCUT2D eigenvalue weighted by atomic mass is 10.1. The average molecular weight is 535 g/mol. The summed E-state index contributed by atoms with van der Waals surface area (Å²) in [6, 6.07) is 21.5. The van der Waals surface area contributed by atoms with Gasteiger partial charge in [-0.05, 0) is 60.2 Å². The van der Waals surface area contributed by atoms with Crippen molar-refractivity contribution in [1.82, 2.24) is 4.90 Å². The van der Waals surface area contributed by atoms with Crippen LogP contribution >= 0.6 is 11.8 Å². The number of benzene rings is 3. The molecule has 3 aromatic rings. The van der Waals surface area contributed by atoms with E-state index in [2.05, 4.69) is 11.0 Å². The average Bonchev–Trinajstić information content (AvgIpc) is 3.17. The lowest BCUT2D eigenvalue weighted by Crippen LogP contribution is -2.29. The maximum Gasteiger partial charge on any atom is 0.284 e. The van der Waals surface area contributed by atoms with E-state index < -0.39 is 10.0 Å². The Kier molecular flexibility index (Phi) is 8.15. The number of carbonyl (C=O) groups excluding carboxylic acids is 1. The molecule has 0 aliphatic carbocycles. The second-order valence-corrected chi connectivity index (χ2v) is 10.8. The number of amidine groups is 1. The highest BCUT2D eigenvalue weighted by Gasteiger charge is 2.34.